The van der Waals surface area contributed by atoms with E-state index in [0.717, 1.165) is 13.0 Å². The number of nitrogens with zero attached hydrogens (tertiary/aromatic N) is 1. The van der Waals surface area contributed by atoms with E-state index in [4.69, 9.17) is 21.1 Å². The minimum absolute atomic E-state index is 0.00259. The number of hydrogen-bond acceptors (Lipinski definition) is 3. The largest absolute Gasteiger partial charge is 0.376 e. The molecule has 1 aliphatic rings. The molecule has 1 aliphatic heterocycles. The molecule has 1 atom stereocenters. The van der Waals surface area contributed by atoms with Gasteiger partial charge in [0.05, 0.1) is 19.8 Å². The molecule has 15 heavy (non-hydrogen) atoms. The molecule has 1 amide bonds. The topological polar surface area (TPSA) is 38.8 Å². The fraction of sp³-hybridized carbons (Fsp3) is 0.900. The number of amides is 1. The summed E-state index contributed by atoms with van der Waals surface area (Å²) in [4.78, 5) is 13.7. The molecule has 0 bridgehead atoms. The first-order valence-electron chi connectivity index (χ1n) is 5.33. The highest BCUT2D eigenvalue weighted by atomic mass is 35.5. The van der Waals surface area contributed by atoms with E-state index in [9.17, 15) is 4.79 Å². The second-order valence-electron chi connectivity index (χ2n) is 3.45. The Balaban J connectivity index is 2.45. The van der Waals surface area contributed by atoms with Crippen LogP contribution in [-0.4, -0.2) is 55.7 Å². The summed E-state index contributed by atoms with van der Waals surface area (Å²) >= 11 is 5.65. The van der Waals surface area contributed by atoms with Gasteiger partial charge < -0.3 is 14.4 Å². The summed E-state index contributed by atoms with van der Waals surface area (Å²) in [6.45, 7) is 4.78. The zero-order valence-corrected chi connectivity index (χ0v) is 9.83. The number of alkyl halides is 1. The van der Waals surface area contributed by atoms with Gasteiger partial charge in [-0.1, -0.05) is 6.92 Å². The fourth-order valence-electron chi connectivity index (χ4n) is 1.54. The van der Waals surface area contributed by atoms with Crippen molar-refractivity contribution in [2.45, 2.75) is 19.4 Å². The van der Waals surface area contributed by atoms with Crippen LogP contribution in [0, 0.1) is 0 Å². The predicted molar refractivity (Wildman–Crippen MR) is 58.2 cm³/mol. The van der Waals surface area contributed by atoms with E-state index in [-0.39, 0.29) is 5.91 Å². The van der Waals surface area contributed by atoms with Gasteiger partial charge in [0.2, 0.25) is 0 Å². The molecule has 0 N–H and O–H groups in total. The van der Waals surface area contributed by atoms with Crippen molar-refractivity contribution in [1.29, 1.82) is 0 Å². The van der Waals surface area contributed by atoms with Crippen LogP contribution in [0.4, 0.5) is 0 Å². The van der Waals surface area contributed by atoms with Crippen LogP contribution in [0.1, 0.15) is 13.3 Å². The molecule has 0 aliphatic carbocycles. The van der Waals surface area contributed by atoms with Crippen molar-refractivity contribution in [3.05, 3.63) is 0 Å². The molecule has 0 aromatic heterocycles. The number of carbonyl (C=O) groups is 1. The van der Waals surface area contributed by atoms with E-state index in [1.807, 2.05) is 6.92 Å². The maximum Gasteiger partial charge on any atom is 0.254 e. The Hall–Kier alpha value is -0.320. The fourth-order valence-corrected chi connectivity index (χ4v) is 1.74. The van der Waals surface area contributed by atoms with E-state index in [0.29, 0.717) is 32.2 Å². The van der Waals surface area contributed by atoms with Gasteiger partial charge in [0.1, 0.15) is 0 Å². The molecule has 0 aromatic rings. The third kappa shape index (κ3) is 3.97. The van der Waals surface area contributed by atoms with Gasteiger partial charge >= 0.3 is 0 Å². The molecule has 0 spiro atoms. The number of rotatable bonds is 5. The maximum absolute atomic E-state index is 11.9. The lowest BCUT2D eigenvalue weighted by Gasteiger charge is -2.28. The highest BCUT2D eigenvalue weighted by molar-refractivity contribution is 6.18. The van der Waals surface area contributed by atoms with Crippen molar-refractivity contribution in [2.24, 2.45) is 0 Å². The molecule has 88 valence electrons. The number of carbonyl (C=O) groups excluding carboxylic acids is 1. The summed E-state index contributed by atoms with van der Waals surface area (Å²) in [5, 5.41) is 0. The second kappa shape index (κ2) is 7.04. The first-order valence-corrected chi connectivity index (χ1v) is 5.87. The normalized spacial score (nSPS) is 21.3. The van der Waals surface area contributed by atoms with Crippen LogP contribution in [0.15, 0.2) is 0 Å². The van der Waals surface area contributed by atoms with Gasteiger partial charge in [-0.05, 0) is 6.42 Å². The third-order valence-corrected chi connectivity index (χ3v) is 2.42. The average Bonchev–Trinajstić information content (AvgIpc) is 2.29. The highest BCUT2D eigenvalue weighted by Gasteiger charge is 2.26. The molecule has 5 heteroatoms. The Morgan fingerprint density at radius 1 is 1.47 bits per heavy atom. The van der Waals surface area contributed by atoms with Gasteiger partial charge in [-0.15, -0.1) is 11.6 Å². The minimum atomic E-state index is -0.437. The molecule has 0 aromatic carbocycles. The van der Waals surface area contributed by atoms with E-state index in [1.54, 1.807) is 4.90 Å². The van der Waals surface area contributed by atoms with Crippen LogP contribution >= 0.6 is 11.6 Å². The van der Waals surface area contributed by atoms with Gasteiger partial charge in [-0.3, -0.25) is 4.79 Å². The van der Waals surface area contributed by atoms with Crippen LogP contribution in [0.25, 0.3) is 0 Å². The molecule has 0 saturated carbocycles. The van der Waals surface area contributed by atoms with E-state index < -0.39 is 6.10 Å². The third-order valence-electron chi connectivity index (χ3n) is 2.25. The summed E-state index contributed by atoms with van der Waals surface area (Å²) in [5.41, 5.74) is 0. The first kappa shape index (κ1) is 12.7. The first-order chi connectivity index (χ1) is 7.29. The number of hydrogen-bond donors (Lipinski definition) is 0. The van der Waals surface area contributed by atoms with Crippen LogP contribution in [0.5, 0.6) is 0 Å². The molecule has 1 saturated heterocycles. The van der Waals surface area contributed by atoms with Crippen LogP contribution in [0.2, 0.25) is 0 Å². The molecular weight excluding hydrogens is 218 g/mol. The van der Waals surface area contributed by atoms with Crippen LogP contribution in [0.3, 0.4) is 0 Å². The highest BCUT2D eigenvalue weighted by Crippen LogP contribution is 2.06. The lowest BCUT2D eigenvalue weighted by atomic mass is 10.3. The SMILES string of the molecule is CCCN(CCCl)C(=O)C1COCCO1. The van der Waals surface area contributed by atoms with Crippen LogP contribution in [-0.2, 0) is 14.3 Å². The summed E-state index contributed by atoms with van der Waals surface area (Å²) in [6, 6.07) is 0. The van der Waals surface area contributed by atoms with E-state index >= 15 is 0 Å². The Kier molecular flexibility index (Phi) is 5.98. The van der Waals surface area contributed by atoms with Crippen molar-refractivity contribution in [3.63, 3.8) is 0 Å². The summed E-state index contributed by atoms with van der Waals surface area (Å²) in [7, 11) is 0. The van der Waals surface area contributed by atoms with Crippen molar-refractivity contribution in [2.75, 3.05) is 38.8 Å². The van der Waals surface area contributed by atoms with Crippen molar-refractivity contribution < 1.29 is 14.3 Å². The van der Waals surface area contributed by atoms with Crippen LogP contribution < -0.4 is 0 Å². The zero-order chi connectivity index (χ0) is 11.1. The van der Waals surface area contributed by atoms with Gasteiger partial charge in [0, 0.05) is 19.0 Å². The molecule has 1 rings (SSSR count). The Morgan fingerprint density at radius 3 is 2.80 bits per heavy atom. The van der Waals surface area contributed by atoms with E-state index in [2.05, 4.69) is 0 Å². The number of ether oxygens (including phenoxy) is 2. The molecule has 0 radical (unpaired) electrons. The standard InChI is InChI=1S/C10H18ClNO3/c1-2-4-12(5-3-11)10(13)9-8-14-6-7-15-9/h9H,2-8H2,1H3. The lowest BCUT2D eigenvalue weighted by molar-refractivity contribution is -0.157. The molecule has 1 heterocycles. The predicted octanol–water partition coefficient (Wildman–Crippen LogP) is 0.879. The lowest BCUT2D eigenvalue weighted by Crippen LogP contribution is -2.46. The second-order valence-corrected chi connectivity index (χ2v) is 3.83. The molecule has 1 unspecified atom stereocenters. The van der Waals surface area contributed by atoms with Crippen molar-refractivity contribution in [3.8, 4) is 0 Å². The molecule has 4 nitrogen and oxygen atoms in total. The Labute approximate surface area is 95.5 Å². The van der Waals surface area contributed by atoms with Gasteiger partial charge in [0.15, 0.2) is 6.10 Å². The smallest absolute Gasteiger partial charge is 0.254 e. The summed E-state index contributed by atoms with van der Waals surface area (Å²) in [5.74, 6) is 0.455. The van der Waals surface area contributed by atoms with Crippen molar-refractivity contribution in [1.82, 2.24) is 4.90 Å². The quantitative estimate of drug-likeness (QED) is 0.664. The average molecular weight is 236 g/mol. The molecular formula is C10H18ClNO3. The van der Waals surface area contributed by atoms with E-state index in [1.165, 1.54) is 0 Å². The maximum atomic E-state index is 11.9. The van der Waals surface area contributed by atoms with Gasteiger partial charge in [-0.2, -0.15) is 0 Å². The monoisotopic (exact) mass is 235 g/mol. The number of halogens is 1. The summed E-state index contributed by atoms with van der Waals surface area (Å²) in [6.07, 6.45) is 0.490. The Bertz CT molecular complexity index is 189. The zero-order valence-electron chi connectivity index (χ0n) is 9.08. The molecule has 1 fully saturated rings. The van der Waals surface area contributed by atoms with Gasteiger partial charge in [0.25, 0.3) is 5.91 Å². The minimum Gasteiger partial charge on any atom is -0.376 e. The van der Waals surface area contributed by atoms with Gasteiger partial charge in [-0.25, -0.2) is 0 Å². The summed E-state index contributed by atoms with van der Waals surface area (Å²) < 4.78 is 10.6. The van der Waals surface area contributed by atoms with Crippen molar-refractivity contribution >= 4 is 17.5 Å². The Morgan fingerprint density at radius 2 is 2.27 bits per heavy atom.